The van der Waals surface area contributed by atoms with Crippen LogP contribution in [0.3, 0.4) is 0 Å². The van der Waals surface area contributed by atoms with Crippen molar-refractivity contribution in [1.82, 2.24) is 0 Å². The molecule has 7 heteroatoms. The number of ketones is 3. The van der Waals surface area contributed by atoms with Crippen molar-refractivity contribution >= 4 is 17.3 Å². The largest absolute Gasteiger partial charge is 0.391 e. The normalized spacial score (nSPS) is 17.7. The van der Waals surface area contributed by atoms with Crippen LogP contribution >= 0.6 is 0 Å². The summed E-state index contributed by atoms with van der Waals surface area (Å²) in [5.41, 5.74) is 0. The second-order valence-electron chi connectivity index (χ2n) is 4.16. The molecule has 0 saturated carbocycles. The van der Waals surface area contributed by atoms with Gasteiger partial charge in [0.2, 0.25) is 11.6 Å². The van der Waals surface area contributed by atoms with E-state index in [1.54, 1.807) is 0 Å². The zero-order valence-corrected chi connectivity index (χ0v) is 10.2. The number of rotatable bonds is 8. The van der Waals surface area contributed by atoms with Crippen LogP contribution in [0.25, 0.3) is 0 Å². The van der Waals surface area contributed by atoms with Crippen LogP contribution in [-0.4, -0.2) is 62.2 Å². The van der Waals surface area contributed by atoms with E-state index in [1.165, 1.54) is 6.92 Å². The van der Waals surface area contributed by atoms with Gasteiger partial charge < -0.3 is 25.2 Å². The lowest BCUT2D eigenvalue weighted by Gasteiger charge is -2.23. The number of hydrogen-bond donors (Lipinski definition) is 4. The molecule has 0 aliphatic rings. The first-order valence-corrected chi connectivity index (χ1v) is 5.47. The second-order valence-corrected chi connectivity index (χ2v) is 4.16. The Hall–Kier alpha value is -1.15. The molecule has 0 heterocycles. The topological polar surface area (TPSA) is 132 Å². The zero-order valence-electron chi connectivity index (χ0n) is 10.2. The van der Waals surface area contributed by atoms with E-state index in [2.05, 4.69) is 0 Å². The van der Waals surface area contributed by atoms with E-state index < -0.39 is 36.0 Å². The number of carbonyl (C=O) groups is 3. The van der Waals surface area contributed by atoms with E-state index in [-0.39, 0.29) is 18.6 Å². The lowest BCUT2D eigenvalue weighted by Crippen LogP contribution is -2.48. The molecular weight excluding hydrogens is 244 g/mol. The molecule has 7 nitrogen and oxygen atoms in total. The van der Waals surface area contributed by atoms with Gasteiger partial charge in [-0.2, -0.15) is 0 Å². The molecule has 0 bridgehead atoms. The Bertz CT molecular complexity index is 323. The van der Waals surface area contributed by atoms with Crippen LogP contribution in [0.5, 0.6) is 0 Å². The summed E-state index contributed by atoms with van der Waals surface area (Å²) in [7, 11) is 0. The van der Waals surface area contributed by atoms with Crippen LogP contribution < -0.4 is 0 Å². The van der Waals surface area contributed by atoms with Crippen molar-refractivity contribution in [3.05, 3.63) is 0 Å². The van der Waals surface area contributed by atoms with Gasteiger partial charge in [-0.3, -0.25) is 9.59 Å². The first-order chi connectivity index (χ1) is 8.18. The Morgan fingerprint density at radius 3 is 1.83 bits per heavy atom. The van der Waals surface area contributed by atoms with E-state index in [4.69, 9.17) is 5.11 Å². The summed E-state index contributed by atoms with van der Waals surface area (Å²) in [5.74, 6) is -2.58. The molecule has 4 atom stereocenters. The molecular formula is C11H18O7. The van der Waals surface area contributed by atoms with Gasteiger partial charge in [0.15, 0.2) is 0 Å². The quantitative estimate of drug-likeness (QED) is 0.370. The maximum atomic E-state index is 11.4. The zero-order chi connectivity index (χ0) is 14.5. The minimum atomic E-state index is -2.12. The van der Waals surface area contributed by atoms with Crippen LogP contribution in [0.15, 0.2) is 0 Å². The lowest BCUT2D eigenvalue weighted by atomic mass is 9.97. The van der Waals surface area contributed by atoms with Crippen molar-refractivity contribution in [2.24, 2.45) is 0 Å². The average Bonchev–Trinajstić information content (AvgIpc) is 2.31. The standard InChI is InChI=1S/C11H18O7/c1-5(12)3-4-7(14)9(16)11(18)10(17)8(15)6(2)13/h6,8,10-11,13,15,17-18H,3-4H2,1-2H3/t6-,8+,10+,11+/m1/s1. The fourth-order valence-electron chi connectivity index (χ4n) is 1.20. The van der Waals surface area contributed by atoms with Crippen LogP contribution in [0.4, 0.5) is 0 Å². The maximum absolute atomic E-state index is 11.4. The van der Waals surface area contributed by atoms with Crippen molar-refractivity contribution in [2.45, 2.75) is 51.1 Å². The van der Waals surface area contributed by atoms with E-state index in [0.29, 0.717) is 0 Å². The molecule has 0 spiro atoms. The minimum absolute atomic E-state index is 0.133. The first kappa shape index (κ1) is 16.9. The summed E-state index contributed by atoms with van der Waals surface area (Å²) in [6, 6.07) is 0. The van der Waals surface area contributed by atoms with Crippen molar-refractivity contribution in [3.8, 4) is 0 Å². The van der Waals surface area contributed by atoms with E-state index in [9.17, 15) is 29.7 Å². The van der Waals surface area contributed by atoms with Gasteiger partial charge in [-0.25, -0.2) is 0 Å². The molecule has 0 aliphatic heterocycles. The summed E-state index contributed by atoms with van der Waals surface area (Å²) in [4.78, 5) is 33.3. The molecule has 104 valence electrons. The van der Waals surface area contributed by atoms with Gasteiger partial charge in [-0.15, -0.1) is 0 Å². The van der Waals surface area contributed by atoms with Crippen molar-refractivity contribution in [2.75, 3.05) is 0 Å². The summed E-state index contributed by atoms with van der Waals surface area (Å²) in [6.07, 6.45) is -7.68. The number of Topliss-reactive ketones (excluding diaryl/α,β-unsaturated/α-hetero) is 3. The van der Waals surface area contributed by atoms with Crippen LogP contribution in [-0.2, 0) is 14.4 Å². The molecule has 0 aliphatic carbocycles. The third kappa shape index (κ3) is 5.01. The van der Waals surface area contributed by atoms with E-state index >= 15 is 0 Å². The summed E-state index contributed by atoms with van der Waals surface area (Å²) in [6.45, 7) is 2.41. The van der Waals surface area contributed by atoms with Gasteiger partial charge in [-0.05, 0) is 13.8 Å². The summed E-state index contributed by atoms with van der Waals surface area (Å²) in [5, 5.41) is 36.9. The van der Waals surface area contributed by atoms with Crippen LogP contribution in [0.1, 0.15) is 26.7 Å². The Labute approximate surface area is 104 Å². The van der Waals surface area contributed by atoms with Crippen LogP contribution in [0.2, 0.25) is 0 Å². The predicted octanol–water partition coefficient (Wildman–Crippen LogP) is -2.04. The highest BCUT2D eigenvalue weighted by molar-refractivity contribution is 6.39. The highest BCUT2D eigenvalue weighted by atomic mass is 16.4. The van der Waals surface area contributed by atoms with Gasteiger partial charge in [0, 0.05) is 12.8 Å². The molecule has 0 amide bonds. The third-order valence-corrected chi connectivity index (χ3v) is 2.42. The minimum Gasteiger partial charge on any atom is -0.391 e. The van der Waals surface area contributed by atoms with Crippen LogP contribution in [0, 0.1) is 0 Å². The predicted molar refractivity (Wildman–Crippen MR) is 59.6 cm³/mol. The van der Waals surface area contributed by atoms with E-state index in [0.717, 1.165) is 6.92 Å². The lowest BCUT2D eigenvalue weighted by molar-refractivity contribution is -0.152. The monoisotopic (exact) mass is 262 g/mol. The Morgan fingerprint density at radius 1 is 0.944 bits per heavy atom. The van der Waals surface area contributed by atoms with E-state index in [1.807, 2.05) is 0 Å². The molecule has 0 unspecified atom stereocenters. The molecule has 18 heavy (non-hydrogen) atoms. The summed E-state index contributed by atoms with van der Waals surface area (Å²) >= 11 is 0. The maximum Gasteiger partial charge on any atom is 0.229 e. The summed E-state index contributed by atoms with van der Waals surface area (Å²) < 4.78 is 0. The Kier molecular flexibility index (Phi) is 6.85. The molecule has 0 rings (SSSR count). The third-order valence-electron chi connectivity index (χ3n) is 2.42. The van der Waals surface area contributed by atoms with Crippen molar-refractivity contribution in [3.63, 3.8) is 0 Å². The van der Waals surface area contributed by atoms with Crippen molar-refractivity contribution < 1.29 is 34.8 Å². The average molecular weight is 262 g/mol. The molecule has 0 aromatic heterocycles. The van der Waals surface area contributed by atoms with Crippen molar-refractivity contribution in [1.29, 1.82) is 0 Å². The number of hydrogen-bond acceptors (Lipinski definition) is 7. The SMILES string of the molecule is CC(=O)CCC(=O)C(=O)[C@H](O)[C@@H](O)[C@@H](O)[C@@H](C)O. The van der Waals surface area contributed by atoms with Gasteiger partial charge in [0.05, 0.1) is 6.10 Å². The fourth-order valence-corrected chi connectivity index (χ4v) is 1.20. The molecule has 4 N–H and O–H groups in total. The van der Waals surface area contributed by atoms with Gasteiger partial charge in [0.25, 0.3) is 0 Å². The number of carbonyl (C=O) groups excluding carboxylic acids is 3. The molecule has 0 aromatic rings. The fraction of sp³-hybridized carbons (Fsp3) is 0.727. The Morgan fingerprint density at radius 2 is 1.44 bits per heavy atom. The molecule has 0 saturated heterocycles. The van der Waals surface area contributed by atoms with Gasteiger partial charge in [-0.1, -0.05) is 0 Å². The Balaban J connectivity index is 4.49. The highest BCUT2D eigenvalue weighted by Gasteiger charge is 2.35. The van der Waals surface area contributed by atoms with Gasteiger partial charge >= 0.3 is 0 Å². The second kappa shape index (κ2) is 7.32. The van der Waals surface area contributed by atoms with Gasteiger partial charge in [0.1, 0.15) is 24.1 Å². The molecule has 0 fully saturated rings. The smallest absolute Gasteiger partial charge is 0.229 e. The number of aliphatic hydroxyl groups excluding tert-OH is 4. The number of aliphatic hydroxyl groups is 4. The molecule has 0 aromatic carbocycles. The molecule has 0 radical (unpaired) electrons. The highest BCUT2D eigenvalue weighted by Crippen LogP contribution is 2.07. The first-order valence-electron chi connectivity index (χ1n) is 5.47.